The molecule has 2 rings (SSSR count). The van der Waals surface area contributed by atoms with Gasteiger partial charge in [-0.2, -0.15) is 0 Å². The molecule has 0 heterocycles. The number of carboxylic acids is 1. The number of carbonyl (C=O) groups is 3. The van der Waals surface area contributed by atoms with E-state index in [1.54, 1.807) is 30.3 Å². The quantitative estimate of drug-likeness (QED) is 0.124. The molecule has 2 aromatic rings. The van der Waals surface area contributed by atoms with Crippen molar-refractivity contribution in [3.05, 3.63) is 54.1 Å². The van der Waals surface area contributed by atoms with Gasteiger partial charge in [0, 0.05) is 6.92 Å². The van der Waals surface area contributed by atoms with Crippen molar-refractivity contribution in [3.8, 4) is 5.75 Å². The number of carboxylic acid groups (broad SMARTS) is 1. The Balaban J connectivity index is 0.000000400. The number of para-hydroxylation sites is 1. The average Bonchev–Trinajstić information content (AvgIpc) is 2.81. The number of ether oxygens (including phenoxy) is 1. The number of nitrogens with zero attached hydrogens (tertiary/aromatic N) is 1. The molecule has 11 nitrogen and oxygen atoms in total. The number of carbonyl (C=O) groups excluding carboxylic acids is 2. The van der Waals surface area contributed by atoms with Gasteiger partial charge in [-0.3, -0.25) is 4.79 Å². The van der Waals surface area contributed by atoms with Crippen LogP contribution in [-0.2, 0) is 20.9 Å². The fraction of sp³-hybridized carbons (Fsp3) is 0.348. The van der Waals surface area contributed by atoms with Gasteiger partial charge in [-0.05, 0) is 12.1 Å². The summed E-state index contributed by atoms with van der Waals surface area (Å²) in [5.41, 5.74) is 0.453. The van der Waals surface area contributed by atoms with Crippen LogP contribution in [0.15, 0.2) is 48.5 Å². The molecule has 1 unspecified atom stereocenters. The van der Waals surface area contributed by atoms with E-state index in [2.05, 4.69) is 18.8 Å². The van der Waals surface area contributed by atoms with Crippen molar-refractivity contribution in [2.75, 3.05) is 31.6 Å². The van der Waals surface area contributed by atoms with E-state index >= 15 is 0 Å². The van der Waals surface area contributed by atoms with Gasteiger partial charge in [-0.1, -0.05) is 12.1 Å². The van der Waals surface area contributed by atoms with Gasteiger partial charge in [0.1, 0.15) is 11.3 Å². The van der Waals surface area contributed by atoms with Crippen molar-refractivity contribution in [1.82, 2.24) is 4.90 Å². The molecule has 0 aromatic heterocycles. The molecule has 0 aliphatic rings. The van der Waals surface area contributed by atoms with Crippen molar-refractivity contribution in [2.45, 2.75) is 27.7 Å². The summed E-state index contributed by atoms with van der Waals surface area (Å²) in [5.74, 6) is -1.82. The van der Waals surface area contributed by atoms with E-state index in [0.29, 0.717) is 12.2 Å². The van der Waals surface area contributed by atoms with Crippen molar-refractivity contribution in [3.63, 3.8) is 0 Å². The van der Waals surface area contributed by atoms with Gasteiger partial charge >= 0.3 is 145 Å². The van der Waals surface area contributed by atoms with Crippen LogP contribution >= 0.6 is 0 Å². The first-order chi connectivity index (χ1) is 16.6. The Morgan fingerprint density at radius 3 is 2.23 bits per heavy atom. The van der Waals surface area contributed by atoms with Crippen LogP contribution in [0.1, 0.15) is 38.1 Å². The number of hydrogen-bond donors (Lipinski definition) is 3. The summed E-state index contributed by atoms with van der Waals surface area (Å²) in [6, 6.07) is 12.3. The number of hydrogen-bond acceptors (Lipinski definition) is 9. The third kappa shape index (κ3) is 10.5. The van der Waals surface area contributed by atoms with Crippen LogP contribution in [0.2, 0.25) is 0 Å². The summed E-state index contributed by atoms with van der Waals surface area (Å²) in [5, 5.41) is 20.3. The van der Waals surface area contributed by atoms with Gasteiger partial charge in [0.15, 0.2) is 0 Å². The fourth-order valence-corrected chi connectivity index (χ4v) is 5.29. The Kier molecular flexibility index (Phi) is 13.0. The molecule has 0 spiro atoms. The number of rotatable bonds is 11. The SMILES string of the molecule is CC(=O)Oc1ccccc1C(=O)O.CCN(CC)CCO[As](=O)(OO)c1cccc(NC(C)=O)c1. The molecule has 0 saturated carbocycles. The first-order valence-corrected chi connectivity index (χ1v) is 14.0. The molecule has 1 amide bonds. The molecule has 192 valence electrons. The molecule has 0 aliphatic carbocycles. The van der Waals surface area contributed by atoms with Gasteiger partial charge < -0.3 is 9.84 Å². The van der Waals surface area contributed by atoms with Crippen LogP contribution in [0.4, 0.5) is 5.69 Å². The number of aromatic carboxylic acids is 1. The number of nitrogens with one attached hydrogen (secondary N) is 1. The van der Waals surface area contributed by atoms with Crippen LogP contribution < -0.4 is 14.4 Å². The molecule has 1 atom stereocenters. The Morgan fingerprint density at radius 1 is 1.03 bits per heavy atom. The van der Waals surface area contributed by atoms with Crippen molar-refractivity contribution < 1.29 is 40.8 Å². The van der Waals surface area contributed by atoms with Crippen LogP contribution in [0.5, 0.6) is 5.75 Å². The maximum atomic E-state index is 12.6. The third-order valence-electron chi connectivity index (χ3n) is 4.52. The second-order valence-electron chi connectivity index (χ2n) is 7.07. The van der Waals surface area contributed by atoms with Gasteiger partial charge in [0.25, 0.3) is 0 Å². The van der Waals surface area contributed by atoms with Gasteiger partial charge in [0.2, 0.25) is 0 Å². The molecular formula is C23H31AsN2O9. The second-order valence-corrected chi connectivity index (χ2v) is 11.1. The molecule has 35 heavy (non-hydrogen) atoms. The molecule has 0 aliphatic heterocycles. The normalized spacial score (nSPS) is 12.2. The zero-order valence-electron chi connectivity index (χ0n) is 20.1. The topological polar surface area (TPSA) is 152 Å². The summed E-state index contributed by atoms with van der Waals surface area (Å²) < 4.78 is 27.1. The number of esters is 1. The second kappa shape index (κ2) is 15.1. The summed E-state index contributed by atoms with van der Waals surface area (Å²) >= 11 is -4.53. The first-order valence-electron chi connectivity index (χ1n) is 10.7. The molecule has 3 N–H and O–H groups in total. The van der Waals surface area contributed by atoms with Gasteiger partial charge in [-0.25, -0.2) is 4.79 Å². The fourth-order valence-electron chi connectivity index (χ4n) is 2.82. The predicted octanol–water partition coefficient (Wildman–Crippen LogP) is 2.38. The van der Waals surface area contributed by atoms with E-state index in [-0.39, 0.29) is 28.2 Å². The molecule has 2 aromatic carbocycles. The Labute approximate surface area is 206 Å². The Bertz CT molecular complexity index is 1040. The Hall–Kier alpha value is -2.95. The van der Waals surface area contributed by atoms with Crippen molar-refractivity contribution >= 4 is 42.1 Å². The minimum atomic E-state index is -4.53. The van der Waals surface area contributed by atoms with Gasteiger partial charge in [-0.15, -0.1) is 0 Å². The first kappa shape index (κ1) is 30.1. The van der Waals surface area contributed by atoms with Gasteiger partial charge in [0.05, 0.1) is 0 Å². The van der Waals surface area contributed by atoms with E-state index in [1.165, 1.54) is 32.0 Å². The Morgan fingerprint density at radius 2 is 1.69 bits per heavy atom. The summed E-state index contributed by atoms with van der Waals surface area (Å²) in [4.78, 5) is 34.4. The summed E-state index contributed by atoms with van der Waals surface area (Å²) in [6.07, 6.45) is 0. The summed E-state index contributed by atoms with van der Waals surface area (Å²) in [6.45, 7) is 9.13. The molecule has 0 saturated heterocycles. The number of anilines is 1. The number of likely N-dealkylation sites (N-methyl/N-ethyl adjacent to an activating group) is 1. The van der Waals surface area contributed by atoms with Crippen LogP contribution in [0.3, 0.4) is 0 Å². The predicted molar refractivity (Wildman–Crippen MR) is 129 cm³/mol. The number of amides is 1. The molecule has 0 fully saturated rings. The van der Waals surface area contributed by atoms with E-state index in [4.69, 9.17) is 14.1 Å². The summed E-state index contributed by atoms with van der Waals surface area (Å²) in [7, 11) is 0. The minimum absolute atomic E-state index is 0.0160. The van der Waals surface area contributed by atoms with E-state index in [0.717, 1.165) is 13.1 Å². The molecule has 0 radical (unpaired) electrons. The molecule has 12 heteroatoms. The van der Waals surface area contributed by atoms with E-state index < -0.39 is 26.1 Å². The zero-order chi connectivity index (χ0) is 26.4. The van der Waals surface area contributed by atoms with E-state index in [9.17, 15) is 18.1 Å². The van der Waals surface area contributed by atoms with Crippen molar-refractivity contribution in [2.24, 2.45) is 0 Å². The van der Waals surface area contributed by atoms with Crippen LogP contribution in [0, 0.1) is 0 Å². The van der Waals surface area contributed by atoms with Crippen LogP contribution in [-0.4, -0.2) is 73.5 Å². The average molecular weight is 554 g/mol. The standard InChI is InChI=1S/C14H23AsN2O5.C9H8O4/c1-4-17(5-2)9-10-21-15(19,22-20)13-7-6-8-14(11-13)16-12(3)18;1-6(10)13-8-5-3-2-4-7(8)9(11)12/h6-8,11,20H,4-5,9-10H2,1-3H3,(H,16,18);2-5H,1H3,(H,11,12). The monoisotopic (exact) mass is 554 g/mol. The van der Waals surface area contributed by atoms with Crippen LogP contribution in [0.25, 0.3) is 0 Å². The molecule has 0 bridgehead atoms. The number of benzene rings is 2. The third-order valence-corrected chi connectivity index (χ3v) is 7.98. The zero-order valence-corrected chi connectivity index (χ0v) is 22.0. The van der Waals surface area contributed by atoms with E-state index in [1.807, 2.05) is 13.8 Å². The maximum absolute atomic E-state index is 12.6. The molecular weight excluding hydrogens is 523 g/mol. The van der Waals surface area contributed by atoms with Crippen molar-refractivity contribution in [1.29, 1.82) is 0 Å².